The number of hydrogen-bond acceptors (Lipinski definition) is 4. The van der Waals surface area contributed by atoms with Gasteiger partial charge in [-0.25, -0.2) is 4.98 Å². The molecule has 1 atom stereocenters. The van der Waals surface area contributed by atoms with Crippen molar-refractivity contribution in [2.75, 3.05) is 0 Å². The van der Waals surface area contributed by atoms with E-state index in [0.717, 1.165) is 17.1 Å². The van der Waals surface area contributed by atoms with Gasteiger partial charge in [-0.05, 0) is 31.9 Å². The van der Waals surface area contributed by atoms with Crippen molar-refractivity contribution in [1.29, 1.82) is 0 Å². The summed E-state index contributed by atoms with van der Waals surface area (Å²) in [5.74, 6) is 5.69. The fraction of sp³-hybridized carbons (Fsp3) is 0.357. The van der Waals surface area contributed by atoms with Gasteiger partial charge in [0, 0.05) is 11.8 Å². The second-order valence-corrected chi connectivity index (χ2v) is 5.70. The van der Waals surface area contributed by atoms with E-state index in [4.69, 9.17) is 5.84 Å². The van der Waals surface area contributed by atoms with Crippen molar-refractivity contribution >= 4 is 11.3 Å². The van der Waals surface area contributed by atoms with Crippen LogP contribution in [0.2, 0.25) is 0 Å². The summed E-state index contributed by atoms with van der Waals surface area (Å²) in [5.41, 5.74) is 7.79. The van der Waals surface area contributed by atoms with Gasteiger partial charge in [-0.15, -0.1) is 11.3 Å². The van der Waals surface area contributed by atoms with Crippen LogP contribution in [0, 0.1) is 20.8 Å². The van der Waals surface area contributed by atoms with E-state index in [1.807, 2.05) is 6.92 Å². The highest BCUT2D eigenvalue weighted by Crippen LogP contribution is 2.22. The molecule has 0 bridgehead atoms. The third kappa shape index (κ3) is 2.96. The highest BCUT2D eigenvalue weighted by atomic mass is 32.1. The molecule has 4 heteroatoms. The van der Waals surface area contributed by atoms with E-state index in [-0.39, 0.29) is 6.04 Å². The quantitative estimate of drug-likeness (QED) is 0.657. The van der Waals surface area contributed by atoms with Crippen LogP contribution in [0.5, 0.6) is 0 Å². The Hall–Kier alpha value is -1.23. The Balaban J connectivity index is 2.22. The molecule has 0 radical (unpaired) electrons. The lowest BCUT2D eigenvalue weighted by Crippen LogP contribution is -2.30. The summed E-state index contributed by atoms with van der Waals surface area (Å²) in [6.07, 6.45) is 0.824. The number of thiazole rings is 1. The van der Waals surface area contributed by atoms with E-state index < -0.39 is 0 Å². The van der Waals surface area contributed by atoms with E-state index in [9.17, 15) is 0 Å². The molecule has 1 unspecified atom stereocenters. The maximum atomic E-state index is 5.69. The predicted molar refractivity (Wildman–Crippen MR) is 76.5 cm³/mol. The molecule has 0 aliphatic heterocycles. The van der Waals surface area contributed by atoms with E-state index in [1.165, 1.54) is 16.7 Å². The number of hydrogen-bond donors (Lipinski definition) is 2. The van der Waals surface area contributed by atoms with Crippen LogP contribution in [0.3, 0.4) is 0 Å². The average Bonchev–Trinajstić information content (AvgIpc) is 2.72. The van der Waals surface area contributed by atoms with Gasteiger partial charge in [0.05, 0.1) is 16.7 Å². The number of hydrazine groups is 1. The van der Waals surface area contributed by atoms with E-state index in [1.54, 1.807) is 11.3 Å². The SMILES string of the molecule is Cc1ccc(C(Cc2csc(C)n2)NN)c(C)c1. The third-order valence-electron chi connectivity index (χ3n) is 3.08. The summed E-state index contributed by atoms with van der Waals surface area (Å²) in [6.45, 7) is 6.25. The second kappa shape index (κ2) is 5.61. The Bertz CT molecular complexity index is 534. The molecular weight excluding hydrogens is 242 g/mol. The smallest absolute Gasteiger partial charge is 0.0897 e. The van der Waals surface area contributed by atoms with Crippen molar-refractivity contribution < 1.29 is 0 Å². The van der Waals surface area contributed by atoms with Crippen LogP contribution in [0.1, 0.15) is 33.4 Å². The maximum Gasteiger partial charge on any atom is 0.0897 e. The molecule has 1 heterocycles. The Morgan fingerprint density at radius 3 is 2.67 bits per heavy atom. The molecule has 0 spiro atoms. The molecule has 0 aliphatic rings. The Morgan fingerprint density at radius 1 is 1.33 bits per heavy atom. The fourth-order valence-electron chi connectivity index (χ4n) is 2.19. The van der Waals surface area contributed by atoms with Crippen molar-refractivity contribution in [3.8, 4) is 0 Å². The van der Waals surface area contributed by atoms with Gasteiger partial charge in [-0.1, -0.05) is 23.8 Å². The van der Waals surface area contributed by atoms with Crippen LogP contribution in [0.4, 0.5) is 0 Å². The predicted octanol–water partition coefficient (Wildman–Crippen LogP) is 2.82. The number of aromatic nitrogens is 1. The van der Waals surface area contributed by atoms with Crippen molar-refractivity contribution in [2.45, 2.75) is 33.2 Å². The van der Waals surface area contributed by atoms with Crippen LogP contribution < -0.4 is 11.3 Å². The van der Waals surface area contributed by atoms with Crippen molar-refractivity contribution in [1.82, 2.24) is 10.4 Å². The number of aryl methyl sites for hydroxylation is 3. The molecule has 1 aromatic heterocycles. The normalized spacial score (nSPS) is 12.7. The number of nitrogens with two attached hydrogens (primary N) is 1. The van der Waals surface area contributed by atoms with Gasteiger partial charge in [0.2, 0.25) is 0 Å². The topological polar surface area (TPSA) is 50.9 Å². The molecule has 0 fully saturated rings. The zero-order valence-electron chi connectivity index (χ0n) is 11.0. The summed E-state index contributed by atoms with van der Waals surface area (Å²) < 4.78 is 0. The molecule has 0 aliphatic carbocycles. The Labute approximate surface area is 112 Å². The first-order valence-corrected chi connectivity index (χ1v) is 6.92. The first-order valence-electron chi connectivity index (χ1n) is 6.04. The summed E-state index contributed by atoms with van der Waals surface area (Å²) in [6, 6.07) is 6.58. The van der Waals surface area contributed by atoms with Crippen LogP contribution in [0.25, 0.3) is 0 Å². The van der Waals surface area contributed by atoms with E-state index in [2.05, 4.69) is 47.8 Å². The molecular formula is C14H19N3S. The van der Waals surface area contributed by atoms with Gasteiger partial charge >= 0.3 is 0 Å². The molecule has 2 rings (SSSR count). The van der Waals surface area contributed by atoms with Crippen LogP contribution in [0.15, 0.2) is 23.6 Å². The molecule has 3 nitrogen and oxygen atoms in total. The molecule has 96 valence electrons. The van der Waals surface area contributed by atoms with Crippen molar-refractivity contribution in [3.63, 3.8) is 0 Å². The minimum Gasteiger partial charge on any atom is -0.271 e. The first-order chi connectivity index (χ1) is 8.60. The lowest BCUT2D eigenvalue weighted by Gasteiger charge is -2.18. The van der Waals surface area contributed by atoms with Gasteiger partial charge in [-0.2, -0.15) is 0 Å². The molecule has 18 heavy (non-hydrogen) atoms. The number of nitrogens with one attached hydrogen (secondary N) is 1. The molecule has 0 saturated heterocycles. The van der Waals surface area contributed by atoms with Crippen molar-refractivity contribution in [3.05, 3.63) is 51.0 Å². The van der Waals surface area contributed by atoms with E-state index in [0.29, 0.717) is 0 Å². The van der Waals surface area contributed by atoms with Gasteiger partial charge in [0.25, 0.3) is 0 Å². The average molecular weight is 261 g/mol. The number of rotatable bonds is 4. The van der Waals surface area contributed by atoms with Gasteiger partial charge in [0.15, 0.2) is 0 Å². The maximum absolute atomic E-state index is 5.69. The second-order valence-electron chi connectivity index (χ2n) is 4.64. The first kappa shape index (κ1) is 13.2. The summed E-state index contributed by atoms with van der Waals surface area (Å²) in [5, 5.41) is 3.20. The minimum atomic E-state index is 0.118. The van der Waals surface area contributed by atoms with Gasteiger partial charge < -0.3 is 0 Å². The number of benzene rings is 1. The monoisotopic (exact) mass is 261 g/mol. The lowest BCUT2D eigenvalue weighted by atomic mass is 9.97. The Morgan fingerprint density at radius 2 is 2.11 bits per heavy atom. The largest absolute Gasteiger partial charge is 0.271 e. The molecule has 3 N–H and O–H groups in total. The Kier molecular flexibility index (Phi) is 4.11. The summed E-state index contributed by atoms with van der Waals surface area (Å²) >= 11 is 1.68. The molecule has 2 aromatic rings. The highest BCUT2D eigenvalue weighted by molar-refractivity contribution is 7.09. The minimum absolute atomic E-state index is 0.118. The fourth-order valence-corrected chi connectivity index (χ4v) is 2.81. The van der Waals surface area contributed by atoms with Crippen LogP contribution in [-0.4, -0.2) is 4.98 Å². The number of nitrogens with zero attached hydrogens (tertiary/aromatic N) is 1. The van der Waals surface area contributed by atoms with Crippen LogP contribution >= 0.6 is 11.3 Å². The molecule has 0 amide bonds. The molecule has 0 saturated carbocycles. The lowest BCUT2D eigenvalue weighted by molar-refractivity contribution is 0.544. The van der Waals surface area contributed by atoms with Gasteiger partial charge in [-0.3, -0.25) is 11.3 Å². The van der Waals surface area contributed by atoms with Gasteiger partial charge in [0.1, 0.15) is 0 Å². The van der Waals surface area contributed by atoms with Crippen LogP contribution in [-0.2, 0) is 6.42 Å². The standard InChI is InChI=1S/C14H19N3S/c1-9-4-5-13(10(2)6-9)14(17-15)7-12-8-18-11(3)16-12/h4-6,8,14,17H,7,15H2,1-3H3. The van der Waals surface area contributed by atoms with E-state index >= 15 is 0 Å². The highest BCUT2D eigenvalue weighted by Gasteiger charge is 2.14. The zero-order valence-corrected chi connectivity index (χ0v) is 11.8. The van der Waals surface area contributed by atoms with Crippen molar-refractivity contribution in [2.24, 2.45) is 5.84 Å². The third-order valence-corrected chi connectivity index (χ3v) is 3.90. The zero-order chi connectivity index (χ0) is 13.1. The summed E-state index contributed by atoms with van der Waals surface area (Å²) in [4.78, 5) is 4.49. The summed E-state index contributed by atoms with van der Waals surface area (Å²) in [7, 11) is 0. The molecule has 1 aromatic carbocycles.